The maximum atomic E-state index is 11.8. The summed E-state index contributed by atoms with van der Waals surface area (Å²) in [4.78, 5) is 14.3. The second kappa shape index (κ2) is 23.8. The largest absolute Gasteiger partial charge is 0.466 e. The number of esters is 1. The maximum absolute atomic E-state index is 11.8. The van der Waals surface area contributed by atoms with E-state index in [2.05, 4.69) is 32.4 Å². The zero-order valence-electron chi connectivity index (χ0n) is 21.5. The molecule has 0 aromatic carbocycles. The fourth-order valence-electron chi connectivity index (χ4n) is 3.95. The van der Waals surface area contributed by atoms with Gasteiger partial charge in [0, 0.05) is 6.42 Å². The summed E-state index contributed by atoms with van der Waals surface area (Å²) in [5.74, 6) is -0.000400. The number of allylic oxidation sites excluding steroid dienone is 1. The average Bonchev–Trinajstić information content (AvgIpc) is 2.74. The number of hydrogen-bond donors (Lipinski definition) is 0. The summed E-state index contributed by atoms with van der Waals surface area (Å²) < 4.78 is 5.38. The van der Waals surface area contributed by atoms with Crippen LogP contribution in [0.5, 0.6) is 0 Å². The first kappa shape index (κ1) is 30.2. The van der Waals surface area contributed by atoms with Crippen molar-refractivity contribution in [1.82, 2.24) is 4.90 Å². The van der Waals surface area contributed by atoms with Crippen LogP contribution in [0.4, 0.5) is 0 Å². The Bertz CT molecular complexity index is 408. The van der Waals surface area contributed by atoms with Crippen molar-refractivity contribution in [3.8, 4) is 0 Å². The highest BCUT2D eigenvalue weighted by Crippen LogP contribution is 2.11. The third kappa shape index (κ3) is 25.3. The van der Waals surface area contributed by atoms with Gasteiger partial charge in [0.05, 0.1) is 6.61 Å². The zero-order chi connectivity index (χ0) is 23.0. The van der Waals surface area contributed by atoms with Crippen molar-refractivity contribution >= 4 is 5.97 Å². The highest BCUT2D eigenvalue weighted by molar-refractivity contribution is 5.69. The molecule has 31 heavy (non-hydrogen) atoms. The van der Waals surface area contributed by atoms with Gasteiger partial charge < -0.3 is 9.64 Å². The fraction of sp³-hybridized carbons (Fsp3) is 0.893. The molecule has 0 radical (unpaired) electrons. The molecular formula is C28H55NO2. The topological polar surface area (TPSA) is 29.5 Å². The quantitative estimate of drug-likeness (QED) is 0.0861. The van der Waals surface area contributed by atoms with Gasteiger partial charge in [-0.15, -0.1) is 6.58 Å². The molecule has 0 amide bonds. The zero-order valence-corrected chi connectivity index (χ0v) is 21.5. The number of nitrogens with zero attached hydrogens (tertiary/aromatic N) is 1. The van der Waals surface area contributed by atoms with E-state index in [1.807, 2.05) is 0 Å². The summed E-state index contributed by atoms with van der Waals surface area (Å²) in [6.07, 6.45) is 23.4. The van der Waals surface area contributed by atoms with Gasteiger partial charge in [-0.2, -0.15) is 0 Å². The average molecular weight is 438 g/mol. The standard InChI is InChI=1S/C28H55NO2/c1-5-6-7-8-9-10-11-15-21-26-31-28(30)23-18-16-20-25-29(4)24-19-14-12-13-17-22-27(2)3/h2,5-26H2,1,3-4H3. The summed E-state index contributed by atoms with van der Waals surface area (Å²) in [5.41, 5.74) is 1.31. The van der Waals surface area contributed by atoms with Crippen molar-refractivity contribution in [3.05, 3.63) is 12.2 Å². The molecule has 0 bridgehead atoms. The molecule has 0 aromatic heterocycles. The van der Waals surface area contributed by atoms with E-state index in [9.17, 15) is 4.79 Å². The summed E-state index contributed by atoms with van der Waals surface area (Å²) in [6, 6.07) is 0. The number of hydrogen-bond acceptors (Lipinski definition) is 3. The Labute approximate surface area is 195 Å². The summed E-state index contributed by atoms with van der Waals surface area (Å²) in [5, 5.41) is 0. The minimum Gasteiger partial charge on any atom is -0.466 e. The lowest BCUT2D eigenvalue weighted by Crippen LogP contribution is -2.20. The van der Waals surface area contributed by atoms with Crippen LogP contribution in [0.2, 0.25) is 0 Å². The molecule has 0 rings (SSSR count). The Morgan fingerprint density at radius 3 is 1.71 bits per heavy atom. The monoisotopic (exact) mass is 437 g/mol. The molecule has 184 valence electrons. The first-order valence-corrected chi connectivity index (χ1v) is 13.5. The maximum Gasteiger partial charge on any atom is 0.305 e. The number of ether oxygens (including phenoxy) is 1. The van der Waals surface area contributed by atoms with Gasteiger partial charge in [-0.3, -0.25) is 4.79 Å². The lowest BCUT2D eigenvalue weighted by Gasteiger charge is -2.16. The second-order valence-electron chi connectivity index (χ2n) is 9.64. The minimum absolute atomic E-state index is 0.000400. The van der Waals surface area contributed by atoms with Crippen LogP contribution < -0.4 is 0 Å². The van der Waals surface area contributed by atoms with E-state index in [1.165, 1.54) is 108 Å². The van der Waals surface area contributed by atoms with E-state index < -0.39 is 0 Å². The van der Waals surface area contributed by atoms with Crippen molar-refractivity contribution in [2.75, 3.05) is 26.7 Å². The summed E-state index contributed by atoms with van der Waals surface area (Å²) in [6.45, 7) is 11.3. The van der Waals surface area contributed by atoms with Gasteiger partial charge >= 0.3 is 5.97 Å². The lowest BCUT2D eigenvalue weighted by molar-refractivity contribution is -0.143. The molecule has 0 unspecified atom stereocenters. The predicted molar refractivity (Wildman–Crippen MR) is 137 cm³/mol. The molecule has 0 saturated heterocycles. The first-order valence-electron chi connectivity index (χ1n) is 13.5. The van der Waals surface area contributed by atoms with Gasteiger partial charge in [0.25, 0.3) is 0 Å². The molecule has 0 spiro atoms. The number of carbonyl (C=O) groups is 1. The van der Waals surface area contributed by atoms with E-state index in [0.29, 0.717) is 13.0 Å². The van der Waals surface area contributed by atoms with Gasteiger partial charge in [0.2, 0.25) is 0 Å². The van der Waals surface area contributed by atoms with Crippen LogP contribution in [-0.4, -0.2) is 37.6 Å². The SMILES string of the molecule is C=C(C)CCCCCCCN(C)CCCCCC(=O)OCCCCCCCCCCC. The molecule has 0 aromatic rings. The molecule has 0 aliphatic carbocycles. The molecule has 0 heterocycles. The van der Waals surface area contributed by atoms with E-state index >= 15 is 0 Å². The van der Waals surface area contributed by atoms with Gasteiger partial charge in [-0.05, 0) is 65.6 Å². The van der Waals surface area contributed by atoms with Crippen molar-refractivity contribution in [1.29, 1.82) is 0 Å². The van der Waals surface area contributed by atoms with Crippen LogP contribution in [0.25, 0.3) is 0 Å². The third-order valence-corrected chi connectivity index (χ3v) is 6.08. The van der Waals surface area contributed by atoms with Crippen molar-refractivity contribution in [2.24, 2.45) is 0 Å². The lowest BCUT2D eigenvalue weighted by atomic mass is 10.1. The Kier molecular flexibility index (Phi) is 23.2. The Morgan fingerprint density at radius 2 is 1.13 bits per heavy atom. The molecule has 0 aliphatic rings. The van der Waals surface area contributed by atoms with E-state index in [0.717, 1.165) is 25.8 Å². The number of unbranched alkanes of at least 4 members (excludes halogenated alkanes) is 14. The van der Waals surface area contributed by atoms with Crippen LogP contribution >= 0.6 is 0 Å². The molecule has 0 atom stereocenters. The fourth-order valence-corrected chi connectivity index (χ4v) is 3.95. The van der Waals surface area contributed by atoms with E-state index in [1.54, 1.807) is 0 Å². The normalized spacial score (nSPS) is 11.2. The predicted octanol–water partition coefficient (Wildman–Crippen LogP) is 8.47. The van der Waals surface area contributed by atoms with Crippen LogP contribution in [-0.2, 0) is 9.53 Å². The van der Waals surface area contributed by atoms with Crippen molar-refractivity contribution in [2.45, 2.75) is 136 Å². The van der Waals surface area contributed by atoms with Crippen molar-refractivity contribution < 1.29 is 9.53 Å². The second-order valence-corrected chi connectivity index (χ2v) is 9.64. The van der Waals surface area contributed by atoms with Gasteiger partial charge in [0.1, 0.15) is 0 Å². The van der Waals surface area contributed by atoms with Crippen LogP contribution in [0.1, 0.15) is 136 Å². The molecule has 0 N–H and O–H groups in total. The highest BCUT2D eigenvalue weighted by Gasteiger charge is 2.04. The molecule has 3 nitrogen and oxygen atoms in total. The van der Waals surface area contributed by atoms with Crippen LogP contribution in [0.15, 0.2) is 12.2 Å². The van der Waals surface area contributed by atoms with E-state index in [-0.39, 0.29) is 5.97 Å². The van der Waals surface area contributed by atoms with Gasteiger partial charge in [0.15, 0.2) is 0 Å². The summed E-state index contributed by atoms with van der Waals surface area (Å²) in [7, 11) is 2.22. The first-order chi connectivity index (χ1) is 15.1. The van der Waals surface area contributed by atoms with E-state index in [4.69, 9.17) is 4.74 Å². The molecular weight excluding hydrogens is 382 g/mol. The Hall–Kier alpha value is -0.830. The highest BCUT2D eigenvalue weighted by atomic mass is 16.5. The van der Waals surface area contributed by atoms with Gasteiger partial charge in [-0.1, -0.05) is 89.5 Å². The van der Waals surface area contributed by atoms with Gasteiger partial charge in [-0.25, -0.2) is 0 Å². The third-order valence-electron chi connectivity index (χ3n) is 6.08. The minimum atomic E-state index is -0.000400. The molecule has 0 saturated carbocycles. The molecule has 0 aliphatic heterocycles. The molecule has 3 heteroatoms. The van der Waals surface area contributed by atoms with Crippen molar-refractivity contribution in [3.63, 3.8) is 0 Å². The summed E-state index contributed by atoms with van der Waals surface area (Å²) >= 11 is 0. The number of carbonyl (C=O) groups excluding carboxylic acids is 1. The Morgan fingerprint density at radius 1 is 0.677 bits per heavy atom. The molecule has 0 fully saturated rings. The van der Waals surface area contributed by atoms with Crippen LogP contribution in [0.3, 0.4) is 0 Å². The Balaban J connectivity index is 3.30. The number of rotatable bonds is 24. The smallest absolute Gasteiger partial charge is 0.305 e. The van der Waals surface area contributed by atoms with Crippen LogP contribution in [0, 0.1) is 0 Å².